The van der Waals surface area contributed by atoms with Gasteiger partial charge in [-0.25, -0.2) is 0 Å². The number of hydrogen-bond acceptors (Lipinski definition) is 1. The Hall–Kier alpha value is -6.64. The smallest absolute Gasteiger partial charge is 0.0602 e. The molecule has 9 aromatic carbocycles. The zero-order valence-corrected chi connectivity index (χ0v) is 31.6. The van der Waals surface area contributed by atoms with Crippen LogP contribution >= 0.6 is 0 Å². The van der Waals surface area contributed by atoms with Crippen LogP contribution in [-0.4, -0.2) is 19.1 Å². The summed E-state index contributed by atoms with van der Waals surface area (Å²) in [5.74, 6) is 0. The number of anilines is 3. The van der Waals surface area contributed by atoms with Gasteiger partial charge in [0.2, 0.25) is 0 Å². The Labute approximate surface area is 325 Å². The number of aromatic nitrogens is 1. The van der Waals surface area contributed by atoms with Crippen molar-refractivity contribution in [2.45, 2.75) is 0 Å². The van der Waals surface area contributed by atoms with E-state index in [9.17, 15) is 0 Å². The second-order valence-electron chi connectivity index (χ2n) is 14.2. The SMILES string of the molecule is c1ccc(-n2c3ccccc3c3cc(-c4ccc(N(c5ccc(-c6ccc7ccccc7c6)cc5)c5ccc6c(c5)[se]c5ccccc56)cc4)ccc32)cc1. The molecule has 0 saturated heterocycles. The Kier molecular flexibility index (Phi) is 7.55. The molecular weight excluding hydrogens is 732 g/mol. The van der Waals surface area contributed by atoms with E-state index in [0.717, 1.165) is 11.4 Å². The van der Waals surface area contributed by atoms with Gasteiger partial charge in [-0.2, -0.15) is 0 Å². The molecule has 0 radical (unpaired) electrons. The van der Waals surface area contributed by atoms with Crippen molar-refractivity contribution < 1.29 is 0 Å². The number of fused-ring (bicyclic) bond motifs is 7. The summed E-state index contributed by atoms with van der Waals surface area (Å²) >= 11 is 0.277. The van der Waals surface area contributed by atoms with E-state index in [0.29, 0.717) is 0 Å². The van der Waals surface area contributed by atoms with Gasteiger partial charge in [0, 0.05) is 5.69 Å². The summed E-state index contributed by atoms with van der Waals surface area (Å²) in [6.45, 7) is 0. The van der Waals surface area contributed by atoms with Crippen LogP contribution in [0.4, 0.5) is 17.1 Å². The van der Waals surface area contributed by atoms with E-state index < -0.39 is 0 Å². The van der Waals surface area contributed by atoms with Crippen LogP contribution in [0.25, 0.3) is 79.8 Å². The molecule has 11 aromatic rings. The number of nitrogens with zero attached hydrogens (tertiary/aromatic N) is 2. The molecule has 0 atom stereocenters. The van der Waals surface area contributed by atoms with Crippen molar-refractivity contribution in [1.29, 1.82) is 0 Å². The van der Waals surface area contributed by atoms with Gasteiger partial charge in [0.15, 0.2) is 0 Å². The molecule has 0 unspecified atom stereocenters. The van der Waals surface area contributed by atoms with Crippen molar-refractivity contribution in [2.24, 2.45) is 0 Å². The molecule has 0 amide bonds. The molecule has 0 spiro atoms. The predicted octanol–water partition coefficient (Wildman–Crippen LogP) is 14.1. The molecule has 258 valence electrons. The van der Waals surface area contributed by atoms with E-state index in [1.165, 1.54) is 85.5 Å². The predicted molar refractivity (Wildman–Crippen MR) is 236 cm³/mol. The standard InChI is InChI=1S/C52H34N2Se/c1-2-12-41(13-3-1)54-49-16-8-6-14-45(49)48-33-40(24-31-50(48)54)37-22-27-43(28-23-37)53(44-29-30-47-46-15-7-9-17-51(46)55-52(47)34-44)42-25-20-36(21-26-42)39-19-18-35-10-4-5-11-38(35)32-39/h1-34H. The van der Waals surface area contributed by atoms with Crippen LogP contribution in [0, 0.1) is 0 Å². The molecule has 2 heterocycles. The van der Waals surface area contributed by atoms with E-state index in [-0.39, 0.29) is 14.5 Å². The van der Waals surface area contributed by atoms with Crippen molar-refractivity contribution in [3.63, 3.8) is 0 Å². The first-order chi connectivity index (χ1) is 27.2. The van der Waals surface area contributed by atoms with Gasteiger partial charge in [-0.15, -0.1) is 0 Å². The summed E-state index contributed by atoms with van der Waals surface area (Å²) < 4.78 is 5.27. The van der Waals surface area contributed by atoms with E-state index in [4.69, 9.17) is 0 Å². The van der Waals surface area contributed by atoms with Crippen molar-refractivity contribution >= 4 is 83.4 Å². The average Bonchev–Trinajstić information content (AvgIpc) is 3.79. The molecule has 0 fully saturated rings. The quantitative estimate of drug-likeness (QED) is 0.153. The second kappa shape index (κ2) is 13.0. The fourth-order valence-electron chi connectivity index (χ4n) is 8.28. The number of para-hydroxylation sites is 2. The molecule has 0 bridgehead atoms. The van der Waals surface area contributed by atoms with Crippen LogP contribution in [0.5, 0.6) is 0 Å². The fourth-order valence-corrected chi connectivity index (χ4v) is 10.7. The maximum atomic E-state index is 2.41. The van der Waals surface area contributed by atoms with E-state index in [1.807, 2.05) is 0 Å². The van der Waals surface area contributed by atoms with Crippen molar-refractivity contribution in [3.05, 3.63) is 206 Å². The first kappa shape index (κ1) is 31.8. The molecule has 0 aliphatic heterocycles. The monoisotopic (exact) mass is 766 g/mol. The van der Waals surface area contributed by atoms with Crippen LogP contribution < -0.4 is 4.90 Å². The minimum Gasteiger partial charge on any atom is -0.0602 e. The van der Waals surface area contributed by atoms with Gasteiger partial charge in [-0.1, -0.05) is 54.6 Å². The molecule has 0 aliphatic rings. The van der Waals surface area contributed by atoms with Gasteiger partial charge < -0.3 is 4.57 Å². The molecule has 0 saturated carbocycles. The van der Waals surface area contributed by atoms with Crippen LogP contribution in [0.3, 0.4) is 0 Å². The van der Waals surface area contributed by atoms with Crippen LogP contribution in [0.15, 0.2) is 206 Å². The third-order valence-corrected chi connectivity index (χ3v) is 13.4. The van der Waals surface area contributed by atoms with Gasteiger partial charge in [-0.05, 0) is 18.2 Å². The minimum absolute atomic E-state index is 0.277. The summed E-state index contributed by atoms with van der Waals surface area (Å²) in [6.07, 6.45) is 0. The van der Waals surface area contributed by atoms with Crippen LogP contribution in [0.1, 0.15) is 0 Å². The van der Waals surface area contributed by atoms with E-state index >= 15 is 0 Å². The zero-order valence-electron chi connectivity index (χ0n) is 29.9. The summed E-state index contributed by atoms with van der Waals surface area (Å²) in [6, 6.07) is 75.6. The topological polar surface area (TPSA) is 8.17 Å². The Morgan fingerprint density at radius 3 is 1.67 bits per heavy atom. The molecule has 0 aliphatic carbocycles. The third kappa shape index (κ3) is 5.48. The van der Waals surface area contributed by atoms with Gasteiger partial charge in [0.1, 0.15) is 0 Å². The molecule has 3 heteroatoms. The zero-order chi connectivity index (χ0) is 36.3. The third-order valence-electron chi connectivity index (χ3n) is 11.0. The normalized spacial score (nSPS) is 11.6. The van der Waals surface area contributed by atoms with Crippen molar-refractivity contribution in [3.8, 4) is 27.9 Å². The Bertz CT molecular complexity index is 3190. The molecule has 11 rings (SSSR count). The van der Waals surface area contributed by atoms with Gasteiger partial charge >= 0.3 is 239 Å². The Balaban J connectivity index is 1.00. The average molecular weight is 766 g/mol. The van der Waals surface area contributed by atoms with Crippen LogP contribution in [-0.2, 0) is 0 Å². The van der Waals surface area contributed by atoms with E-state index in [2.05, 4.69) is 216 Å². The Morgan fingerprint density at radius 2 is 0.891 bits per heavy atom. The number of benzene rings is 9. The van der Waals surface area contributed by atoms with Gasteiger partial charge in [0.05, 0.1) is 5.52 Å². The van der Waals surface area contributed by atoms with Gasteiger partial charge in [-0.3, -0.25) is 0 Å². The first-order valence-electron chi connectivity index (χ1n) is 18.7. The minimum atomic E-state index is 0.277. The van der Waals surface area contributed by atoms with Gasteiger partial charge in [0.25, 0.3) is 0 Å². The van der Waals surface area contributed by atoms with Crippen molar-refractivity contribution in [2.75, 3.05) is 4.90 Å². The van der Waals surface area contributed by atoms with Crippen molar-refractivity contribution in [1.82, 2.24) is 4.57 Å². The molecule has 2 aromatic heterocycles. The number of hydrogen-bond donors (Lipinski definition) is 0. The summed E-state index contributed by atoms with van der Waals surface area (Å²) in [5.41, 5.74) is 11.9. The Morgan fingerprint density at radius 1 is 0.327 bits per heavy atom. The maximum absolute atomic E-state index is 2.41. The molecule has 0 N–H and O–H groups in total. The first-order valence-corrected chi connectivity index (χ1v) is 20.5. The summed E-state index contributed by atoms with van der Waals surface area (Å²) in [4.78, 5) is 2.41. The molecular formula is C52H34N2Se. The van der Waals surface area contributed by atoms with Crippen LogP contribution in [0.2, 0.25) is 0 Å². The summed E-state index contributed by atoms with van der Waals surface area (Å²) in [7, 11) is 0. The number of rotatable bonds is 6. The van der Waals surface area contributed by atoms with E-state index in [1.54, 1.807) is 0 Å². The summed E-state index contributed by atoms with van der Waals surface area (Å²) in [5, 5.41) is 7.78. The molecule has 2 nitrogen and oxygen atoms in total. The molecule has 55 heavy (non-hydrogen) atoms. The second-order valence-corrected chi connectivity index (χ2v) is 16.5. The fraction of sp³-hybridized carbons (Fsp3) is 0.